The van der Waals surface area contributed by atoms with Crippen molar-refractivity contribution < 1.29 is 9.90 Å². The summed E-state index contributed by atoms with van der Waals surface area (Å²) in [5, 5.41) is 14.4. The summed E-state index contributed by atoms with van der Waals surface area (Å²) in [5.41, 5.74) is 6.49. The first-order valence-electron chi connectivity index (χ1n) is 8.75. The van der Waals surface area contributed by atoms with Gasteiger partial charge in [0.1, 0.15) is 5.75 Å². The third kappa shape index (κ3) is 3.85. The van der Waals surface area contributed by atoms with Crippen LogP contribution in [0.2, 0.25) is 0 Å². The van der Waals surface area contributed by atoms with Gasteiger partial charge in [-0.3, -0.25) is 9.78 Å². The number of aromatic nitrogens is 1. The predicted molar refractivity (Wildman–Crippen MR) is 109 cm³/mol. The van der Waals surface area contributed by atoms with E-state index < -0.39 is 0 Å². The van der Waals surface area contributed by atoms with Crippen molar-refractivity contribution in [3.05, 3.63) is 69.8 Å². The number of carbonyl (C=O) groups is 1. The van der Waals surface area contributed by atoms with Crippen molar-refractivity contribution in [3.63, 3.8) is 0 Å². The maximum atomic E-state index is 12.9. The molecule has 1 saturated carbocycles. The average molecular weight is 424 g/mol. The number of hydrazone groups is 1. The maximum absolute atomic E-state index is 12.9. The summed E-state index contributed by atoms with van der Waals surface area (Å²) in [4.78, 5) is 17.6. The van der Waals surface area contributed by atoms with Gasteiger partial charge in [0.05, 0.1) is 16.8 Å². The number of fused-ring (bicyclic) bond motifs is 1. The summed E-state index contributed by atoms with van der Waals surface area (Å²) < 4.78 is 0.897. The summed E-state index contributed by atoms with van der Waals surface area (Å²) >= 11 is 3.47. The SMILES string of the molecule is C/C(=N\NC(=O)c1cc(C2CC2)nc2ccc(Br)cc12)c1ccc(O)cc1. The van der Waals surface area contributed by atoms with Gasteiger partial charge >= 0.3 is 0 Å². The van der Waals surface area contributed by atoms with Gasteiger partial charge in [0.25, 0.3) is 5.91 Å². The number of nitrogens with zero attached hydrogens (tertiary/aromatic N) is 2. The second-order valence-electron chi connectivity index (χ2n) is 6.72. The van der Waals surface area contributed by atoms with E-state index in [1.165, 1.54) is 0 Å². The Morgan fingerprint density at radius 1 is 1.19 bits per heavy atom. The lowest BCUT2D eigenvalue weighted by molar-refractivity contribution is 0.0956. The number of carbonyl (C=O) groups excluding carboxylic acids is 1. The minimum Gasteiger partial charge on any atom is -0.508 e. The molecule has 3 aromatic rings. The van der Waals surface area contributed by atoms with E-state index in [9.17, 15) is 9.90 Å². The number of phenols is 1. The van der Waals surface area contributed by atoms with Gasteiger partial charge in [-0.25, -0.2) is 5.43 Å². The standard InChI is InChI=1S/C21H18BrN3O2/c1-12(13-4-7-16(26)8-5-13)24-25-21(27)18-11-20(14-2-3-14)23-19-9-6-15(22)10-17(18)19/h4-11,14,26H,2-3H2,1H3,(H,25,27)/b24-12+. The number of hydrogen-bond donors (Lipinski definition) is 2. The van der Waals surface area contributed by atoms with E-state index >= 15 is 0 Å². The normalized spacial score (nSPS) is 14.4. The fourth-order valence-corrected chi connectivity index (χ4v) is 3.32. The van der Waals surface area contributed by atoms with Crippen molar-refractivity contribution in [1.82, 2.24) is 10.4 Å². The maximum Gasteiger partial charge on any atom is 0.272 e. The van der Waals surface area contributed by atoms with E-state index in [0.717, 1.165) is 39.5 Å². The molecule has 0 saturated heterocycles. The van der Waals surface area contributed by atoms with Gasteiger partial charge < -0.3 is 5.11 Å². The van der Waals surface area contributed by atoms with Crippen molar-refractivity contribution in [1.29, 1.82) is 0 Å². The van der Waals surface area contributed by atoms with Crippen LogP contribution in [0.25, 0.3) is 10.9 Å². The summed E-state index contributed by atoms with van der Waals surface area (Å²) in [6, 6.07) is 14.3. The van der Waals surface area contributed by atoms with Gasteiger partial charge in [-0.15, -0.1) is 0 Å². The molecule has 1 aliphatic rings. The van der Waals surface area contributed by atoms with Crippen molar-refractivity contribution in [2.75, 3.05) is 0 Å². The lowest BCUT2D eigenvalue weighted by atomic mass is 10.1. The van der Waals surface area contributed by atoms with Gasteiger partial charge in [-0.05, 0) is 73.9 Å². The molecule has 27 heavy (non-hydrogen) atoms. The zero-order valence-corrected chi connectivity index (χ0v) is 16.3. The number of benzene rings is 2. The second-order valence-corrected chi connectivity index (χ2v) is 7.63. The number of aromatic hydroxyl groups is 1. The van der Waals surface area contributed by atoms with Gasteiger partial charge in [0.2, 0.25) is 0 Å². The number of hydrogen-bond acceptors (Lipinski definition) is 4. The third-order valence-electron chi connectivity index (χ3n) is 4.64. The lowest BCUT2D eigenvalue weighted by Crippen LogP contribution is -2.20. The minimum atomic E-state index is -0.263. The van der Waals surface area contributed by atoms with Gasteiger partial charge in [-0.1, -0.05) is 15.9 Å². The molecule has 1 heterocycles. The highest BCUT2D eigenvalue weighted by molar-refractivity contribution is 9.10. The summed E-state index contributed by atoms with van der Waals surface area (Å²) in [6.07, 6.45) is 2.24. The first-order valence-corrected chi connectivity index (χ1v) is 9.55. The number of amides is 1. The zero-order valence-electron chi connectivity index (χ0n) is 14.7. The number of rotatable bonds is 4. The van der Waals surface area contributed by atoms with Gasteiger partial charge in [0.15, 0.2) is 0 Å². The van der Waals surface area contributed by atoms with Gasteiger partial charge in [-0.2, -0.15) is 5.10 Å². The Hall–Kier alpha value is -2.73. The smallest absolute Gasteiger partial charge is 0.272 e. The molecule has 1 aromatic heterocycles. The van der Waals surface area contributed by atoms with E-state index in [4.69, 9.17) is 4.98 Å². The van der Waals surface area contributed by atoms with Crippen LogP contribution in [0.15, 0.2) is 58.1 Å². The van der Waals surface area contributed by atoms with E-state index in [-0.39, 0.29) is 11.7 Å². The monoisotopic (exact) mass is 423 g/mol. The zero-order chi connectivity index (χ0) is 19.0. The molecule has 0 atom stereocenters. The first-order chi connectivity index (χ1) is 13.0. The van der Waals surface area contributed by atoms with E-state index in [0.29, 0.717) is 17.2 Å². The summed E-state index contributed by atoms with van der Waals surface area (Å²) in [7, 11) is 0. The largest absolute Gasteiger partial charge is 0.508 e. The third-order valence-corrected chi connectivity index (χ3v) is 5.13. The van der Waals surface area contributed by atoms with Crippen LogP contribution in [0.3, 0.4) is 0 Å². The molecule has 0 radical (unpaired) electrons. The molecule has 2 N–H and O–H groups in total. The Bertz CT molecular complexity index is 1060. The molecular weight excluding hydrogens is 406 g/mol. The molecule has 4 rings (SSSR count). The Morgan fingerprint density at radius 3 is 2.63 bits per heavy atom. The van der Waals surface area contributed by atoms with Crippen LogP contribution in [0.5, 0.6) is 5.75 Å². The van der Waals surface area contributed by atoms with Crippen molar-refractivity contribution in [2.24, 2.45) is 5.10 Å². The van der Waals surface area contributed by atoms with Crippen molar-refractivity contribution >= 4 is 38.5 Å². The Morgan fingerprint density at radius 2 is 1.93 bits per heavy atom. The molecule has 6 heteroatoms. The highest BCUT2D eigenvalue weighted by atomic mass is 79.9. The van der Waals surface area contributed by atoms with E-state index in [1.54, 1.807) is 24.3 Å². The summed E-state index contributed by atoms with van der Waals surface area (Å²) in [6.45, 7) is 1.81. The molecule has 1 aliphatic carbocycles. The fraction of sp³-hybridized carbons (Fsp3) is 0.190. The molecule has 1 fully saturated rings. The number of halogens is 1. The van der Waals surface area contributed by atoms with E-state index in [2.05, 4.69) is 26.5 Å². The molecule has 1 amide bonds. The molecule has 0 bridgehead atoms. The molecule has 136 valence electrons. The number of phenolic OH excluding ortho intramolecular Hbond substituents is 1. The molecule has 0 aliphatic heterocycles. The molecule has 0 spiro atoms. The van der Waals surface area contributed by atoms with Crippen LogP contribution >= 0.6 is 15.9 Å². The quantitative estimate of drug-likeness (QED) is 0.470. The Kier molecular flexibility index (Phi) is 4.66. The average Bonchev–Trinajstić information content (AvgIpc) is 3.51. The Labute approximate surface area is 165 Å². The van der Waals surface area contributed by atoms with E-state index in [1.807, 2.05) is 31.2 Å². The van der Waals surface area contributed by atoms with Crippen molar-refractivity contribution in [3.8, 4) is 5.75 Å². The fourth-order valence-electron chi connectivity index (χ4n) is 2.96. The van der Waals surface area contributed by atoms with Gasteiger partial charge in [0, 0.05) is 21.5 Å². The second kappa shape index (κ2) is 7.12. The highest BCUT2D eigenvalue weighted by Gasteiger charge is 2.27. The molecular formula is C21H18BrN3O2. The number of nitrogens with one attached hydrogen (secondary N) is 1. The topological polar surface area (TPSA) is 74.6 Å². The molecule has 0 unspecified atom stereocenters. The molecule has 2 aromatic carbocycles. The van der Waals surface area contributed by atoms with Crippen LogP contribution in [0.4, 0.5) is 0 Å². The number of pyridine rings is 1. The lowest BCUT2D eigenvalue weighted by Gasteiger charge is -2.09. The van der Waals surface area contributed by atoms with Crippen LogP contribution in [0, 0.1) is 0 Å². The predicted octanol–water partition coefficient (Wildman–Crippen LogP) is 4.73. The highest BCUT2D eigenvalue weighted by Crippen LogP contribution is 2.40. The first kappa shape index (κ1) is 17.7. The Balaban J connectivity index is 1.66. The van der Waals surface area contributed by atoms with Crippen molar-refractivity contribution in [2.45, 2.75) is 25.7 Å². The van der Waals surface area contributed by atoms with Crippen LogP contribution in [-0.2, 0) is 0 Å². The summed E-state index contributed by atoms with van der Waals surface area (Å²) in [5.74, 6) is 0.379. The minimum absolute atomic E-state index is 0.192. The van der Waals surface area contributed by atoms with Crippen LogP contribution in [-0.4, -0.2) is 21.7 Å². The van der Waals surface area contributed by atoms with Crippen LogP contribution in [0.1, 0.15) is 47.3 Å². The van der Waals surface area contributed by atoms with Crippen LogP contribution < -0.4 is 5.43 Å². The molecule has 5 nitrogen and oxygen atoms in total.